The van der Waals surface area contributed by atoms with Gasteiger partial charge in [-0.1, -0.05) is 6.92 Å². The standard InChI is InChI=1S/C15H33N3/c1-5-10-18-12-6-8-15(13-18)14(2)16-9-7-11-17(3)4/h14-16H,5-13H2,1-4H3. The predicted octanol–water partition coefficient (Wildman–Crippen LogP) is 2.04. The molecule has 1 fully saturated rings. The van der Waals surface area contributed by atoms with Crippen LogP contribution in [0.4, 0.5) is 0 Å². The van der Waals surface area contributed by atoms with E-state index in [1.165, 1.54) is 51.9 Å². The van der Waals surface area contributed by atoms with E-state index in [0.717, 1.165) is 12.5 Å². The Hall–Kier alpha value is -0.120. The van der Waals surface area contributed by atoms with Gasteiger partial charge in [0.2, 0.25) is 0 Å². The number of hydrogen-bond acceptors (Lipinski definition) is 3. The van der Waals surface area contributed by atoms with Gasteiger partial charge in [0.15, 0.2) is 0 Å². The lowest BCUT2D eigenvalue weighted by Gasteiger charge is -2.36. The van der Waals surface area contributed by atoms with Crippen molar-refractivity contribution in [1.82, 2.24) is 15.1 Å². The molecule has 0 saturated carbocycles. The van der Waals surface area contributed by atoms with Crippen LogP contribution in [0, 0.1) is 5.92 Å². The molecule has 1 heterocycles. The Bertz CT molecular complexity index is 204. The van der Waals surface area contributed by atoms with Crippen molar-refractivity contribution < 1.29 is 0 Å². The van der Waals surface area contributed by atoms with Gasteiger partial charge in [-0.05, 0) is 78.8 Å². The summed E-state index contributed by atoms with van der Waals surface area (Å²) in [6.45, 7) is 10.9. The minimum absolute atomic E-state index is 0.673. The number of hydrogen-bond donors (Lipinski definition) is 1. The van der Waals surface area contributed by atoms with Gasteiger partial charge in [0.25, 0.3) is 0 Å². The van der Waals surface area contributed by atoms with Crippen LogP contribution < -0.4 is 5.32 Å². The first kappa shape index (κ1) is 15.9. The van der Waals surface area contributed by atoms with Crippen molar-refractivity contribution in [3.8, 4) is 0 Å². The molecule has 0 aromatic rings. The number of nitrogens with one attached hydrogen (secondary N) is 1. The number of likely N-dealkylation sites (tertiary alicyclic amines) is 1. The zero-order chi connectivity index (χ0) is 13.4. The zero-order valence-electron chi connectivity index (χ0n) is 12.9. The van der Waals surface area contributed by atoms with Gasteiger partial charge < -0.3 is 15.1 Å². The van der Waals surface area contributed by atoms with Crippen molar-refractivity contribution in [1.29, 1.82) is 0 Å². The van der Waals surface area contributed by atoms with Crippen molar-refractivity contribution >= 4 is 0 Å². The van der Waals surface area contributed by atoms with E-state index in [4.69, 9.17) is 0 Å². The predicted molar refractivity (Wildman–Crippen MR) is 80.1 cm³/mol. The van der Waals surface area contributed by atoms with Crippen LogP contribution in [0.3, 0.4) is 0 Å². The third kappa shape index (κ3) is 6.17. The summed E-state index contributed by atoms with van der Waals surface area (Å²) >= 11 is 0. The molecule has 0 spiro atoms. The highest BCUT2D eigenvalue weighted by molar-refractivity contribution is 4.80. The van der Waals surface area contributed by atoms with Crippen LogP contribution in [-0.4, -0.2) is 62.7 Å². The topological polar surface area (TPSA) is 18.5 Å². The van der Waals surface area contributed by atoms with E-state index < -0.39 is 0 Å². The molecular weight excluding hydrogens is 222 g/mol. The summed E-state index contributed by atoms with van der Waals surface area (Å²) in [5.74, 6) is 0.852. The summed E-state index contributed by atoms with van der Waals surface area (Å²) in [4.78, 5) is 4.90. The van der Waals surface area contributed by atoms with E-state index in [9.17, 15) is 0 Å². The highest BCUT2D eigenvalue weighted by Gasteiger charge is 2.23. The fourth-order valence-corrected chi connectivity index (χ4v) is 2.91. The highest BCUT2D eigenvalue weighted by atomic mass is 15.1. The Labute approximate surface area is 114 Å². The van der Waals surface area contributed by atoms with Gasteiger partial charge in [-0.3, -0.25) is 0 Å². The summed E-state index contributed by atoms with van der Waals surface area (Å²) in [5, 5.41) is 3.72. The van der Waals surface area contributed by atoms with E-state index >= 15 is 0 Å². The molecular formula is C15H33N3. The Morgan fingerprint density at radius 3 is 2.83 bits per heavy atom. The summed E-state index contributed by atoms with van der Waals surface area (Å²) in [6, 6.07) is 0.673. The maximum Gasteiger partial charge on any atom is 0.00792 e. The van der Waals surface area contributed by atoms with Crippen LogP contribution in [0.15, 0.2) is 0 Å². The number of piperidine rings is 1. The summed E-state index contributed by atoms with van der Waals surface area (Å²) in [7, 11) is 4.29. The van der Waals surface area contributed by atoms with Crippen molar-refractivity contribution in [3.05, 3.63) is 0 Å². The van der Waals surface area contributed by atoms with Crippen LogP contribution in [0.2, 0.25) is 0 Å². The Morgan fingerprint density at radius 1 is 1.39 bits per heavy atom. The molecule has 3 nitrogen and oxygen atoms in total. The first-order valence-corrected chi connectivity index (χ1v) is 7.74. The van der Waals surface area contributed by atoms with Gasteiger partial charge in [-0.25, -0.2) is 0 Å². The van der Waals surface area contributed by atoms with Gasteiger partial charge in [0.1, 0.15) is 0 Å². The van der Waals surface area contributed by atoms with E-state index in [2.05, 4.69) is 43.1 Å². The zero-order valence-corrected chi connectivity index (χ0v) is 12.9. The molecule has 0 aromatic heterocycles. The molecule has 0 aromatic carbocycles. The molecule has 1 saturated heterocycles. The second-order valence-electron chi connectivity index (χ2n) is 6.10. The van der Waals surface area contributed by atoms with Crippen LogP contribution >= 0.6 is 0 Å². The van der Waals surface area contributed by atoms with Gasteiger partial charge in [-0.15, -0.1) is 0 Å². The van der Waals surface area contributed by atoms with Crippen molar-refractivity contribution in [2.24, 2.45) is 5.92 Å². The third-order valence-corrected chi connectivity index (χ3v) is 4.04. The van der Waals surface area contributed by atoms with Crippen molar-refractivity contribution in [2.45, 2.75) is 45.6 Å². The molecule has 2 unspecified atom stereocenters. The average molecular weight is 255 g/mol. The highest BCUT2D eigenvalue weighted by Crippen LogP contribution is 2.19. The normalized spacial score (nSPS) is 23.5. The van der Waals surface area contributed by atoms with Gasteiger partial charge in [-0.2, -0.15) is 0 Å². The second kappa shape index (κ2) is 8.89. The molecule has 1 aliphatic rings. The van der Waals surface area contributed by atoms with E-state index in [0.29, 0.717) is 6.04 Å². The fourth-order valence-electron chi connectivity index (χ4n) is 2.91. The number of nitrogens with zero attached hydrogens (tertiary/aromatic N) is 2. The minimum atomic E-state index is 0.673. The molecule has 1 N–H and O–H groups in total. The van der Waals surface area contributed by atoms with E-state index in [1.807, 2.05) is 0 Å². The van der Waals surface area contributed by atoms with Gasteiger partial charge >= 0.3 is 0 Å². The Balaban J connectivity index is 2.17. The van der Waals surface area contributed by atoms with Gasteiger partial charge in [0.05, 0.1) is 0 Å². The van der Waals surface area contributed by atoms with Crippen LogP contribution in [-0.2, 0) is 0 Å². The van der Waals surface area contributed by atoms with Gasteiger partial charge in [0, 0.05) is 12.6 Å². The molecule has 0 amide bonds. The smallest absolute Gasteiger partial charge is 0.00792 e. The molecule has 1 rings (SSSR count). The summed E-state index contributed by atoms with van der Waals surface area (Å²) in [6.07, 6.45) is 5.33. The molecule has 0 radical (unpaired) electrons. The lowest BCUT2D eigenvalue weighted by Crippen LogP contribution is -2.45. The third-order valence-electron chi connectivity index (χ3n) is 4.04. The van der Waals surface area contributed by atoms with Crippen LogP contribution in [0.25, 0.3) is 0 Å². The molecule has 1 aliphatic heterocycles. The fraction of sp³-hybridized carbons (Fsp3) is 1.00. The lowest BCUT2D eigenvalue weighted by atomic mass is 9.91. The van der Waals surface area contributed by atoms with Crippen molar-refractivity contribution in [3.63, 3.8) is 0 Å². The maximum absolute atomic E-state index is 3.72. The van der Waals surface area contributed by atoms with E-state index in [1.54, 1.807) is 0 Å². The maximum atomic E-state index is 3.72. The van der Waals surface area contributed by atoms with E-state index in [-0.39, 0.29) is 0 Å². The Kier molecular flexibility index (Phi) is 7.87. The first-order chi connectivity index (χ1) is 8.63. The molecule has 108 valence electrons. The monoisotopic (exact) mass is 255 g/mol. The quantitative estimate of drug-likeness (QED) is 0.670. The molecule has 2 atom stereocenters. The lowest BCUT2D eigenvalue weighted by molar-refractivity contribution is 0.151. The Morgan fingerprint density at radius 2 is 2.17 bits per heavy atom. The van der Waals surface area contributed by atoms with Crippen LogP contribution in [0.5, 0.6) is 0 Å². The summed E-state index contributed by atoms with van der Waals surface area (Å²) in [5.41, 5.74) is 0. The largest absolute Gasteiger partial charge is 0.314 e. The summed E-state index contributed by atoms with van der Waals surface area (Å²) < 4.78 is 0. The van der Waals surface area contributed by atoms with Crippen LogP contribution in [0.1, 0.15) is 39.5 Å². The molecule has 0 aliphatic carbocycles. The number of rotatable bonds is 8. The molecule has 3 heteroatoms. The minimum Gasteiger partial charge on any atom is -0.314 e. The second-order valence-corrected chi connectivity index (χ2v) is 6.10. The van der Waals surface area contributed by atoms with Crippen molar-refractivity contribution in [2.75, 3.05) is 46.8 Å². The molecule has 18 heavy (non-hydrogen) atoms. The first-order valence-electron chi connectivity index (χ1n) is 7.74. The SMILES string of the molecule is CCCN1CCCC(C(C)NCCCN(C)C)C1. The average Bonchev–Trinajstić information content (AvgIpc) is 2.35. The molecule has 0 bridgehead atoms.